The number of sulfonamides is 1. The van der Waals surface area contributed by atoms with Gasteiger partial charge in [-0.1, -0.05) is 12.1 Å². The highest BCUT2D eigenvalue weighted by Crippen LogP contribution is 2.38. The molecule has 0 atom stereocenters. The number of carbonyl (C=O) groups is 2. The van der Waals surface area contributed by atoms with Gasteiger partial charge in [-0.3, -0.25) is 9.78 Å². The van der Waals surface area contributed by atoms with Gasteiger partial charge >= 0.3 is 12.1 Å². The second-order valence-corrected chi connectivity index (χ2v) is 14.1. The van der Waals surface area contributed by atoms with Crippen LogP contribution in [-0.2, 0) is 34.1 Å². The highest BCUT2D eigenvalue weighted by Gasteiger charge is 2.41. The Morgan fingerprint density at radius 1 is 0.873 bits per heavy atom. The molecule has 1 fully saturated rings. The molecule has 2 heterocycles. The molecule has 10 nitrogen and oxygen atoms in total. The van der Waals surface area contributed by atoms with E-state index in [1.165, 1.54) is 6.07 Å². The van der Waals surface area contributed by atoms with Crippen molar-refractivity contribution < 1.29 is 63.0 Å². The monoisotopic (exact) mass is 794 g/mol. The predicted molar refractivity (Wildman–Crippen MR) is 177 cm³/mol. The van der Waals surface area contributed by atoms with Gasteiger partial charge in [0.05, 0.1) is 36.0 Å². The number of pyridine rings is 1. The van der Waals surface area contributed by atoms with Crippen molar-refractivity contribution >= 4 is 27.6 Å². The summed E-state index contributed by atoms with van der Waals surface area (Å²) < 4.78 is 150. The number of halogens is 8. The quantitative estimate of drug-likeness (QED) is 0.0758. The zero-order valence-electron chi connectivity index (χ0n) is 27.9. The minimum atomic E-state index is -6.06. The van der Waals surface area contributed by atoms with Crippen molar-refractivity contribution in [3.63, 3.8) is 0 Å². The number of ether oxygens (including phenoxy) is 1. The van der Waals surface area contributed by atoms with E-state index in [1.807, 2.05) is 0 Å². The van der Waals surface area contributed by atoms with E-state index in [9.17, 15) is 49.5 Å². The van der Waals surface area contributed by atoms with Gasteiger partial charge in [-0.05, 0) is 72.5 Å². The standard InChI is InChI=1S/C36H26F8N4O6S/c37-29-30(38)32(40)34(33(41)31(29)39)55(52,53)47(18-22-16-45-11-10-25(22)36(42,43)44)19-28(49)48(17-20-4-3-5-23(14-20)46-12-1-2-13-46)26-9-6-21(35(50)51)15-27(26)54-24-7-8-24/h1-6,9-16,24H,7-8,17-19H2,(H,50,51). The first-order chi connectivity index (χ1) is 26.0. The van der Waals surface area contributed by atoms with Crippen LogP contribution in [0.3, 0.4) is 0 Å². The van der Waals surface area contributed by atoms with Gasteiger partial charge in [0.15, 0.2) is 28.2 Å². The molecule has 5 aromatic rings. The zero-order valence-corrected chi connectivity index (χ0v) is 28.7. The third-order valence-corrected chi connectivity index (χ3v) is 10.2. The van der Waals surface area contributed by atoms with Crippen LogP contribution in [0.25, 0.3) is 5.69 Å². The number of carbonyl (C=O) groups excluding carboxylic acids is 1. The van der Waals surface area contributed by atoms with Gasteiger partial charge in [0.1, 0.15) is 5.75 Å². The summed E-state index contributed by atoms with van der Waals surface area (Å²) in [5.41, 5.74) is -1.86. The number of amides is 1. The van der Waals surface area contributed by atoms with Crippen molar-refractivity contribution in [2.24, 2.45) is 0 Å². The third-order valence-electron chi connectivity index (χ3n) is 8.41. The molecule has 2 aromatic heterocycles. The van der Waals surface area contributed by atoms with Crippen LogP contribution >= 0.6 is 0 Å². The molecule has 288 valence electrons. The molecular formula is C36H26F8N4O6S. The van der Waals surface area contributed by atoms with Crippen LogP contribution in [-0.4, -0.2) is 51.9 Å². The van der Waals surface area contributed by atoms with Crippen molar-refractivity contribution in [3.05, 3.63) is 137 Å². The van der Waals surface area contributed by atoms with Crippen LogP contribution in [0.2, 0.25) is 0 Å². The van der Waals surface area contributed by atoms with Crippen molar-refractivity contribution in [1.29, 1.82) is 0 Å². The summed E-state index contributed by atoms with van der Waals surface area (Å²) in [4.78, 5) is 28.4. The van der Waals surface area contributed by atoms with E-state index in [0.29, 0.717) is 42.6 Å². The molecule has 0 saturated heterocycles. The lowest BCUT2D eigenvalue weighted by atomic mass is 10.1. The molecule has 0 aliphatic heterocycles. The maximum atomic E-state index is 15.1. The smallest absolute Gasteiger partial charge is 0.416 e. The number of aromatic nitrogens is 2. The van der Waals surface area contributed by atoms with Crippen molar-refractivity contribution in [2.75, 3.05) is 11.4 Å². The van der Waals surface area contributed by atoms with Crippen LogP contribution in [0.4, 0.5) is 40.8 Å². The van der Waals surface area contributed by atoms with Crippen LogP contribution in [0.15, 0.2) is 90.3 Å². The van der Waals surface area contributed by atoms with Gasteiger partial charge in [-0.25, -0.2) is 35.2 Å². The molecule has 3 aromatic carbocycles. The Morgan fingerprint density at radius 3 is 2.15 bits per heavy atom. The maximum Gasteiger partial charge on any atom is 0.416 e. The Balaban J connectivity index is 1.50. The van der Waals surface area contributed by atoms with Gasteiger partial charge in [0, 0.05) is 37.0 Å². The van der Waals surface area contributed by atoms with E-state index in [-0.39, 0.29) is 21.3 Å². The van der Waals surface area contributed by atoms with Gasteiger partial charge < -0.3 is 19.3 Å². The number of aromatic carboxylic acids is 1. The van der Waals surface area contributed by atoms with Gasteiger partial charge in [0.25, 0.3) is 0 Å². The van der Waals surface area contributed by atoms with Gasteiger partial charge in [-0.15, -0.1) is 0 Å². The highest BCUT2D eigenvalue weighted by molar-refractivity contribution is 7.89. The summed E-state index contributed by atoms with van der Waals surface area (Å²) in [5.74, 6) is -16.5. The molecule has 1 amide bonds. The lowest BCUT2D eigenvalue weighted by Crippen LogP contribution is -2.43. The molecule has 1 aliphatic carbocycles. The van der Waals surface area contributed by atoms with Gasteiger partial charge in [-0.2, -0.15) is 17.5 Å². The Morgan fingerprint density at radius 2 is 1.53 bits per heavy atom. The Labute approximate surface area is 306 Å². The number of rotatable bonds is 13. The molecule has 1 saturated carbocycles. The van der Waals surface area contributed by atoms with Crippen molar-refractivity contribution in [2.45, 2.75) is 43.1 Å². The predicted octanol–water partition coefficient (Wildman–Crippen LogP) is 7.25. The van der Waals surface area contributed by atoms with Crippen molar-refractivity contribution in [3.8, 4) is 11.4 Å². The Kier molecular flexibility index (Phi) is 10.7. The third kappa shape index (κ3) is 8.16. The van der Waals surface area contributed by atoms with E-state index in [2.05, 4.69) is 4.98 Å². The summed E-state index contributed by atoms with van der Waals surface area (Å²) in [6.07, 6.45) is 0.272. The van der Waals surface area contributed by atoms with Crippen LogP contribution in [0.1, 0.15) is 39.9 Å². The first-order valence-electron chi connectivity index (χ1n) is 16.1. The van der Waals surface area contributed by atoms with E-state index < -0.39 is 98.9 Å². The maximum absolute atomic E-state index is 15.1. The average Bonchev–Trinajstić information content (AvgIpc) is 3.78. The first-order valence-corrected chi connectivity index (χ1v) is 17.5. The molecule has 55 heavy (non-hydrogen) atoms. The summed E-state index contributed by atoms with van der Waals surface area (Å²) in [6.45, 7) is -3.47. The summed E-state index contributed by atoms with van der Waals surface area (Å²) in [5, 5.41) is 9.66. The van der Waals surface area contributed by atoms with Crippen LogP contribution < -0.4 is 9.64 Å². The number of hydrogen-bond acceptors (Lipinski definition) is 6. The largest absolute Gasteiger partial charge is 0.488 e. The molecule has 6 rings (SSSR count). The molecule has 19 heteroatoms. The number of anilines is 1. The first kappa shape index (κ1) is 38.9. The average molecular weight is 795 g/mol. The minimum absolute atomic E-state index is 0.140. The number of benzene rings is 3. The lowest BCUT2D eigenvalue weighted by Gasteiger charge is -2.29. The summed E-state index contributed by atoms with van der Waals surface area (Å²) in [7, 11) is -6.06. The van der Waals surface area contributed by atoms with E-state index in [0.717, 1.165) is 17.0 Å². The highest BCUT2D eigenvalue weighted by atomic mass is 32.2. The number of nitrogens with zero attached hydrogens (tertiary/aromatic N) is 4. The molecule has 0 radical (unpaired) electrons. The van der Waals surface area contributed by atoms with E-state index in [1.54, 1.807) is 53.4 Å². The van der Waals surface area contributed by atoms with Crippen molar-refractivity contribution in [1.82, 2.24) is 13.9 Å². The number of carboxylic acids is 1. The fourth-order valence-electron chi connectivity index (χ4n) is 5.56. The second kappa shape index (κ2) is 15.1. The Hall–Kier alpha value is -5.82. The number of alkyl halides is 3. The molecule has 0 spiro atoms. The molecule has 1 N–H and O–H groups in total. The topological polar surface area (TPSA) is 122 Å². The molecule has 1 aliphatic rings. The second-order valence-electron chi connectivity index (χ2n) is 12.2. The minimum Gasteiger partial charge on any atom is -0.488 e. The summed E-state index contributed by atoms with van der Waals surface area (Å²) in [6, 6.07) is 13.8. The fraction of sp³-hybridized carbons (Fsp3) is 0.194. The zero-order chi connectivity index (χ0) is 39.8. The Bertz CT molecular complexity index is 2360. The van der Waals surface area contributed by atoms with Crippen LogP contribution in [0, 0.1) is 29.1 Å². The molecule has 0 bridgehead atoms. The SMILES string of the molecule is O=C(O)c1ccc(N(Cc2cccc(-n3cccc3)c2)C(=O)CN(Cc2cnccc2C(F)(F)F)S(=O)(=O)c2c(F)c(F)c(F)c(F)c2F)c(OC2CC2)c1. The molecule has 0 unspecified atom stereocenters. The van der Waals surface area contributed by atoms with E-state index in [4.69, 9.17) is 4.74 Å². The number of hydrogen-bond donors (Lipinski definition) is 1. The normalized spacial score (nSPS) is 13.3. The summed E-state index contributed by atoms with van der Waals surface area (Å²) >= 11 is 0. The fourth-order valence-corrected chi connectivity index (χ4v) is 7.04. The molecular weight excluding hydrogens is 768 g/mol. The van der Waals surface area contributed by atoms with Gasteiger partial charge in [0.2, 0.25) is 21.7 Å². The van der Waals surface area contributed by atoms with Crippen LogP contribution in [0.5, 0.6) is 5.75 Å². The lowest BCUT2D eigenvalue weighted by molar-refractivity contribution is -0.138. The van der Waals surface area contributed by atoms with E-state index >= 15 is 8.78 Å². The number of carboxylic acid groups (broad SMARTS) is 1.